The molecule has 0 aromatic heterocycles. The molecule has 0 saturated heterocycles. The van der Waals surface area contributed by atoms with E-state index >= 15 is 0 Å². The molecule has 8 nitrogen and oxygen atoms in total. The van der Waals surface area contributed by atoms with Crippen molar-refractivity contribution in [3.63, 3.8) is 0 Å². The molecule has 3 unspecified atom stereocenters. The Labute approximate surface area is 354 Å². The lowest BCUT2D eigenvalue weighted by Crippen LogP contribution is -2.45. The Bertz CT molecular complexity index is 984. The Balaban J connectivity index is 4.34. The van der Waals surface area contributed by atoms with Gasteiger partial charge in [0.2, 0.25) is 5.91 Å². The number of quaternary nitrogens is 1. The second-order valence-electron chi connectivity index (χ2n) is 17.8. The van der Waals surface area contributed by atoms with Crippen LogP contribution >= 0.6 is 7.82 Å². The fourth-order valence-electron chi connectivity index (χ4n) is 7.06. The molecule has 0 rings (SSSR count). The molecule has 57 heavy (non-hydrogen) atoms. The summed E-state index contributed by atoms with van der Waals surface area (Å²) in [6.07, 6.45) is 48.2. The smallest absolute Gasteiger partial charge is 0.387 e. The number of hydrogen-bond donors (Lipinski definition) is 3. The zero-order chi connectivity index (χ0) is 42.1. The number of aliphatic hydroxyl groups is 1. The largest absolute Gasteiger partial charge is 0.472 e. The van der Waals surface area contributed by atoms with E-state index in [2.05, 4.69) is 31.3 Å². The normalized spacial score (nSPS) is 14.4. The molecule has 0 aromatic rings. The number of phosphoric acid groups is 1. The quantitative estimate of drug-likeness (QED) is 0.0244. The Morgan fingerprint density at radius 1 is 0.579 bits per heavy atom. The number of carbonyl (C=O) groups excluding carboxylic acids is 1. The second kappa shape index (κ2) is 40.4. The van der Waals surface area contributed by atoms with Gasteiger partial charge in [0.25, 0.3) is 0 Å². The van der Waals surface area contributed by atoms with Gasteiger partial charge in [-0.3, -0.25) is 13.8 Å². The summed E-state index contributed by atoms with van der Waals surface area (Å²) in [4.78, 5) is 23.2. The molecule has 0 saturated carbocycles. The summed E-state index contributed by atoms with van der Waals surface area (Å²) in [6.45, 7) is 4.81. The maximum Gasteiger partial charge on any atom is 0.472 e. The lowest BCUT2D eigenvalue weighted by Gasteiger charge is -2.25. The van der Waals surface area contributed by atoms with E-state index in [0.29, 0.717) is 17.4 Å². The molecule has 0 aliphatic carbocycles. The van der Waals surface area contributed by atoms with Gasteiger partial charge < -0.3 is 19.8 Å². The molecule has 3 N–H and O–H groups in total. The van der Waals surface area contributed by atoms with Crippen LogP contribution in [0.15, 0.2) is 24.3 Å². The average molecular weight is 828 g/mol. The highest BCUT2D eigenvalue weighted by Crippen LogP contribution is 2.43. The SMILES string of the molecule is CCCCCCCCCCC/C=C/CC/C=C/C(O)C(COP(=O)(O)OCC[N+](C)(C)C)NC(=O)CCCCCCCCCCCCCCCCCCCCCC. The van der Waals surface area contributed by atoms with Crippen LogP contribution in [0.3, 0.4) is 0 Å². The standard InChI is InChI=1S/C48H95N2O6P/c1-6-8-10-12-14-16-18-20-22-23-24-25-26-28-30-32-34-36-38-40-42-48(52)49-46(45-56-57(53,54)55-44-43-50(3,4)5)47(51)41-39-37-35-33-31-29-27-21-19-17-15-13-11-9-7-2/h31,33,39,41,46-47,51H,6-30,32,34-38,40,42-45H2,1-5H3,(H-,49,52,53,54)/p+1/b33-31+,41-39+. The number of hydrogen-bond acceptors (Lipinski definition) is 5. The third kappa shape index (κ3) is 42.9. The molecule has 0 aliphatic rings. The van der Waals surface area contributed by atoms with Crippen LogP contribution in [0.5, 0.6) is 0 Å². The number of unbranched alkanes of at least 4 members (excludes halogenated alkanes) is 29. The number of carbonyl (C=O) groups is 1. The summed E-state index contributed by atoms with van der Waals surface area (Å²) in [6, 6.07) is -0.858. The highest BCUT2D eigenvalue weighted by atomic mass is 31.2. The molecule has 0 aliphatic heterocycles. The summed E-state index contributed by atoms with van der Waals surface area (Å²) in [5, 5.41) is 13.8. The van der Waals surface area contributed by atoms with Crippen LogP contribution in [-0.4, -0.2) is 73.4 Å². The van der Waals surface area contributed by atoms with Crippen LogP contribution in [0.2, 0.25) is 0 Å². The second-order valence-corrected chi connectivity index (χ2v) is 19.3. The molecule has 3 atom stereocenters. The maximum atomic E-state index is 12.9. The van der Waals surface area contributed by atoms with Crippen molar-refractivity contribution in [1.29, 1.82) is 0 Å². The molecule has 338 valence electrons. The first-order valence-electron chi connectivity index (χ1n) is 24.2. The van der Waals surface area contributed by atoms with E-state index in [4.69, 9.17) is 9.05 Å². The highest BCUT2D eigenvalue weighted by Gasteiger charge is 2.27. The van der Waals surface area contributed by atoms with E-state index < -0.39 is 20.0 Å². The molecule has 0 radical (unpaired) electrons. The van der Waals surface area contributed by atoms with E-state index in [-0.39, 0.29) is 19.1 Å². The van der Waals surface area contributed by atoms with Crippen molar-refractivity contribution < 1.29 is 32.9 Å². The summed E-state index contributed by atoms with van der Waals surface area (Å²) in [5.41, 5.74) is 0. The van der Waals surface area contributed by atoms with E-state index in [1.165, 1.54) is 167 Å². The van der Waals surface area contributed by atoms with Crippen LogP contribution in [0.1, 0.15) is 226 Å². The Morgan fingerprint density at radius 3 is 1.40 bits per heavy atom. The van der Waals surface area contributed by atoms with Gasteiger partial charge in [-0.2, -0.15) is 0 Å². The number of aliphatic hydroxyl groups excluding tert-OH is 1. The first-order valence-corrected chi connectivity index (χ1v) is 25.7. The number of amides is 1. The number of nitrogens with one attached hydrogen (secondary N) is 1. The van der Waals surface area contributed by atoms with E-state index in [1.807, 2.05) is 27.2 Å². The molecular weight excluding hydrogens is 732 g/mol. The first kappa shape index (κ1) is 56.0. The van der Waals surface area contributed by atoms with Gasteiger partial charge in [-0.25, -0.2) is 4.57 Å². The van der Waals surface area contributed by atoms with Crippen molar-refractivity contribution in [2.75, 3.05) is 40.9 Å². The third-order valence-corrected chi connectivity index (χ3v) is 11.9. The van der Waals surface area contributed by atoms with Crippen molar-refractivity contribution >= 4 is 13.7 Å². The van der Waals surface area contributed by atoms with Gasteiger partial charge in [-0.05, 0) is 32.1 Å². The zero-order valence-electron chi connectivity index (χ0n) is 38.3. The highest BCUT2D eigenvalue weighted by molar-refractivity contribution is 7.47. The minimum absolute atomic E-state index is 0.0584. The Morgan fingerprint density at radius 2 is 0.965 bits per heavy atom. The van der Waals surface area contributed by atoms with Crippen molar-refractivity contribution in [3.8, 4) is 0 Å². The van der Waals surface area contributed by atoms with Gasteiger partial charge in [0.15, 0.2) is 0 Å². The number of phosphoric ester groups is 1. The maximum absolute atomic E-state index is 12.9. The fraction of sp³-hybridized carbons (Fsp3) is 0.896. The summed E-state index contributed by atoms with van der Waals surface area (Å²) in [7, 11) is 1.56. The molecule has 0 spiro atoms. The topological polar surface area (TPSA) is 105 Å². The van der Waals surface area contributed by atoms with E-state index in [0.717, 1.165) is 38.5 Å². The molecule has 0 bridgehead atoms. The van der Waals surface area contributed by atoms with Crippen molar-refractivity contribution in [3.05, 3.63) is 24.3 Å². The van der Waals surface area contributed by atoms with Crippen LogP contribution < -0.4 is 5.32 Å². The van der Waals surface area contributed by atoms with Crippen molar-refractivity contribution in [2.45, 2.75) is 238 Å². The first-order chi connectivity index (χ1) is 27.5. The van der Waals surface area contributed by atoms with Crippen molar-refractivity contribution in [1.82, 2.24) is 5.32 Å². The molecule has 0 aromatic carbocycles. The minimum atomic E-state index is -4.34. The lowest BCUT2D eigenvalue weighted by molar-refractivity contribution is -0.870. The Kier molecular flexibility index (Phi) is 39.7. The lowest BCUT2D eigenvalue weighted by atomic mass is 10.0. The number of likely N-dealkylation sites (N-methyl/N-ethyl adjacent to an activating group) is 1. The van der Waals surface area contributed by atoms with Gasteiger partial charge in [-0.15, -0.1) is 0 Å². The van der Waals surface area contributed by atoms with Gasteiger partial charge in [0.1, 0.15) is 13.2 Å². The zero-order valence-corrected chi connectivity index (χ0v) is 39.2. The van der Waals surface area contributed by atoms with Gasteiger partial charge in [-0.1, -0.05) is 212 Å². The number of rotatable bonds is 44. The predicted molar refractivity (Wildman–Crippen MR) is 245 cm³/mol. The van der Waals surface area contributed by atoms with Gasteiger partial charge in [0.05, 0.1) is 39.9 Å². The number of nitrogens with zero attached hydrogens (tertiary/aromatic N) is 1. The predicted octanol–water partition coefficient (Wildman–Crippen LogP) is 13.7. The number of allylic oxidation sites excluding steroid dienone is 3. The monoisotopic (exact) mass is 828 g/mol. The summed E-state index contributed by atoms with van der Waals surface area (Å²) >= 11 is 0. The summed E-state index contributed by atoms with van der Waals surface area (Å²) < 4.78 is 23.6. The van der Waals surface area contributed by atoms with Crippen LogP contribution in [-0.2, 0) is 18.4 Å². The Hall–Kier alpha value is -1.02. The van der Waals surface area contributed by atoms with Crippen LogP contribution in [0.4, 0.5) is 0 Å². The average Bonchev–Trinajstić information content (AvgIpc) is 3.16. The van der Waals surface area contributed by atoms with Crippen molar-refractivity contribution in [2.24, 2.45) is 0 Å². The molecule has 1 amide bonds. The van der Waals surface area contributed by atoms with E-state index in [1.54, 1.807) is 6.08 Å². The van der Waals surface area contributed by atoms with Gasteiger partial charge >= 0.3 is 7.82 Å². The molecule has 0 heterocycles. The van der Waals surface area contributed by atoms with E-state index in [9.17, 15) is 19.4 Å². The van der Waals surface area contributed by atoms with Gasteiger partial charge in [0, 0.05) is 6.42 Å². The fourth-order valence-corrected chi connectivity index (χ4v) is 7.79. The third-order valence-electron chi connectivity index (χ3n) is 10.9. The molecule has 0 fully saturated rings. The molecular formula is C48H96N2O6P+. The molecule has 9 heteroatoms. The summed E-state index contributed by atoms with van der Waals surface area (Å²) in [5.74, 6) is -0.184. The minimum Gasteiger partial charge on any atom is -0.387 e. The van der Waals surface area contributed by atoms with Crippen LogP contribution in [0, 0.1) is 0 Å². The van der Waals surface area contributed by atoms with Crippen LogP contribution in [0.25, 0.3) is 0 Å².